The molecule has 20 heavy (non-hydrogen) atoms. The lowest BCUT2D eigenvalue weighted by Gasteiger charge is -2.33. The number of nitrogens with zero attached hydrogens (tertiary/aromatic N) is 3. The summed E-state index contributed by atoms with van der Waals surface area (Å²) in [5.74, 6) is 2.01. The second-order valence-electron chi connectivity index (χ2n) is 5.37. The molecule has 1 N–H and O–H groups in total. The Balaban J connectivity index is 1.63. The largest absolute Gasteiger partial charge is 0.461 e. The number of hydrogen-bond donors (Lipinski definition) is 1. The van der Waals surface area contributed by atoms with Crippen molar-refractivity contribution in [3.63, 3.8) is 0 Å². The van der Waals surface area contributed by atoms with E-state index >= 15 is 0 Å². The lowest BCUT2D eigenvalue weighted by molar-refractivity contribution is 0.0556. The summed E-state index contributed by atoms with van der Waals surface area (Å²) in [4.78, 5) is 6.59. The molecule has 0 saturated carbocycles. The first-order valence-electron chi connectivity index (χ1n) is 6.99. The first-order valence-corrected chi connectivity index (χ1v) is 6.99. The highest BCUT2D eigenvalue weighted by Gasteiger charge is 2.24. The highest BCUT2D eigenvalue weighted by Crippen LogP contribution is 2.22. The van der Waals surface area contributed by atoms with E-state index < -0.39 is 0 Å². The zero-order valence-electron chi connectivity index (χ0n) is 11.5. The van der Waals surface area contributed by atoms with Crippen LogP contribution in [0.1, 0.15) is 25.7 Å². The van der Waals surface area contributed by atoms with Gasteiger partial charge >= 0.3 is 0 Å². The molecule has 6 heteroatoms. The summed E-state index contributed by atoms with van der Waals surface area (Å²) in [7, 11) is 0. The molecule has 0 unspecified atom stereocenters. The van der Waals surface area contributed by atoms with Crippen molar-refractivity contribution in [2.24, 2.45) is 5.92 Å². The smallest absolute Gasteiger partial charge is 0.241 e. The van der Waals surface area contributed by atoms with Gasteiger partial charge in [-0.15, -0.1) is 0 Å². The number of piperidine rings is 1. The van der Waals surface area contributed by atoms with Crippen molar-refractivity contribution in [3.05, 3.63) is 24.3 Å². The van der Waals surface area contributed by atoms with Gasteiger partial charge in [0.2, 0.25) is 11.7 Å². The predicted octanol–water partition coefficient (Wildman–Crippen LogP) is 1.92. The van der Waals surface area contributed by atoms with Gasteiger partial charge in [0.1, 0.15) is 0 Å². The molecule has 2 atom stereocenters. The van der Waals surface area contributed by atoms with Crippen LogP contribution in [0.5, 0.6) is 0 Å². The molecule has 2 aromatic rings. The van der Waals surface area contributed by atoms with Crippen LogP contribution in [0.4, 0.5) is 0 Å². The molecule has 3 heterocycles. The van der Waals surface area contributed by atoms with Gasteiger partial charge in [0, 0.05) is 6.54 Å². The predicted molar refractivity (Wildman–Crippen MR) is 71.7 cm³/mol. The Kier molecular flexibility index (Phi) is 3.84. The van der Waals surface area contributed by atoms with Crippen LogP contribution in [0.25, 0.3) is 11.6 Å². The first-order chi connectivity index (χ1) is 9.72. The van der Waals surface area contributed by atoms with Crippen molar-refractivity contribution >= 4 is 0 Å². The van der Waals surface area contributed by atoms with Crippen molar-refractivity contribution < 1.29 is 14.0 Å². The Morgan fingerprint density at radius 3 is 3.20 bits per heavy atom. The minimum absolute atomic E-state index is 0.265. The molecule has 0 bridgehead atoms. The van der Waals surface area contributed by atoms with Crippen molar-refractivity contribution in [3.8, 4) is 11.6 Å². The van der Waals surface area contributed by atoms with Crippen LogP contribution < -0.4 is 0 Å². The van der Waals surface area contributed by atoms with Gasteiger partial charge in [-0.2, -0.15) is 4.98 Å². The summed E-state index contributed by atoms with van der Waals surface area (Å²) in [6, 6.07) is 3.60. The quantitative estimate of drug-likeness (QED) is 0.920. The Morgan fingerprint density at radius 2 is 2.45 bits per heavy atom. The molecule has 0 spiro atoms. The molecule has 0 aliphatic carbocycles. The van der Waals surface area contributed by atoms with Gasteiger partial charge in [-0.25, -0.2) is 0 Å². The van der Waals surface area contributed by atoms with Crippen LogP contribution in [-0.2, 0) is 6.54 Å². The number of rotatable bonds is 4. The van der Waals surface area contributed by atoms with Gasteiger partial charge in [0.05, 0.1) is 18.9 Å². The molecule has 0 radical (unpaired) electrons. The van der Waals surface area contributed by atoms with Crippen molar-refractivity contribution in [2.45, 2.75) is 32.4 Å². The zero-order chi connectivity index (χ0) is 13.9. The Labute approximate surface area is 117 Å². The van der Waals surface area contributed by atoms with Gasteiger partial charge in [0.15, 0.2) is 5.76 Å². The molecule has 1 saturated heterocycles. The van der Waals surface area contributed by atoms with Crippen LogP contribution in [0.15, 0.2) is 27.3 Å². The van der Waals surface area contributed by atoms with Crippen LogP contribution >= 0.6 is 0 Å². The van der Waals surface area contributed by atoms with Crippen molar-refractivity contribution in [1.82, 2.24) is 15.0 Å². The highest BCUT2D eigenvalue weighted by atomic mass is 16.5. The maximum absolute atomic E-state index is 9.70. The Bertz CT molecular complexity index is 536. The lowest BCUT2D eigenvalue weighted by Crippen LogP contribution is -2.39. The van der Waals surface area contributed by atoms with Gasteiger partial charge in [-0.05, 0) is 44.4 Å². The van der Waals surface area contributed by atoms with Gasteiger partial charge in [0.25, 0.3) is 0 Å². The molecule has 1 fully saturated rings. The van der Waals surface area contributed by atoms with Crippen LogP contribution in [0, 0.1) is 5.92 Å². The summed E-state index contributed by atoms with van der Waals surface area (Å²) in [6.07, 6.45) is 3.49. The molecule has 0 aromatic carbocycles. The minimum Gasteiger partial charge on any atom is -0.461 e. The zero-order valence-corrected chi connectivity index (χ0v) is 11.5. The third kappa shape index (κ3) is 2.91. The molecular formula is C14H19N3O3. The summed E-state index contributed by atoms with van der Waals surface area (Å²) >= 11 is 0. The normalized spacial score (nSPS) is 22.0. The average Bonchev–Trinajstić information content (AvgIpc) is 3.09. The molecule has 6 nitrogen and oxygen atoms in total. The molecule has 108 valence electrons. The van der Waals surface area contributed by atoms with E-state index in [2.05, 4.69) is 15.0 Å². The second kappa shape index (κ2) is 5.76. The third-order valence-electron chi connectivity index (χ3n) is 3.79. The van der Waals surface area contributed by atoms with Gasteiger partial charge in [-0.3, -0.25) is 4.90 Å². The molecule has 1 aliphatic rings. The summed E-state index contributed by atoms with van der Waals surface area (Å²) < 4.78 is 10.5. The van der Waals surface area contributed by atoms with Crippen LogP contribution in [0.2, 0.25) is 0 Å². The Hall–Kier alpha value is -1.66. The topological polar surface area (TPSA) is 75.5 Å². The molecular weight excluding hydrogens is 258 g/mol. The highest BCUT2D eigenvalue weighted by molar-refractivity contribution is 5.44. The Morgan fingerprint density at radius 1 is 1.55 bits per heavy atom. The molecule has 1 aliphatic heterocycles. The second-order valence-corrected chi connectivity index (χ2v) is 5.37. The van der Waals surface area contributed by atoms with Crippen LogP contribution in [-0.4, -0.2) is 39.3 Å². The fourth-order valence-corrected chi connectivity index (χ4v) is 2.64. The standard InChI is InChI=1S/C14H19N3O3/c1-10(18)11-4-2-6-17(8-11)9-13-15-14(16-20-13)12-5-3-7-19-12/h3,5,7,10-11,18H,2,4,6,8-9H2,1H3/t10-,11+/m1/s1. The molecule has 0 amide bonds. The number of furan rings is 1. The van der Waals surface area contributed by atoms with Crippen LogP contribution in [0.3, 0.4) is 0 Å². The van der Waals surface area contributed by atoms with E-state index in [9.17, 15) is 5.11 Å². The van der Waals surface area contributed by atoms with E-state index in [0.29, 0.717) is 29.9 Å². The SMILES string of the molecule is C[C@@H](O)[C@H]1CCCN(Cc2nc(-c3ccco3)no2)C1. The lowest BCUT2D eigenvalue weighted by atomic mass is 9.93. The monoisotopic (exact) mass is 277 g/mol. The van der Waals surface area contributed by atoms with Crippen molar-refractivity contribution in [1.29, 1.82) is 0 Å². The first kappa shape index (κ1) is 13.3. The average molecular weight is 277 g/mol. The number of aliphatic hydroxyl groups is 1. The van der Waals surface area contributed by atoms with E-state index in [1.165, 1.54) is 0 Å². The summed E-state index contributed by atoms with van der Waals surface area (Å²) in [5, 5.41) is 13.6. The van der Waals surface area contributed by atoms with Crippen molar-refractivity contribution in [2.75, 3.05) is 13.1 Å². The number of aliphatic hydroxyl groups excluding tert-OH is 1. The summed E-state index contributed by atoms with van der Waals surface area (Å²) in [5.41, 5.74) is 0. The van der Waals surface area contributed by atoms with Gasteiger partial charge in [-0.1, -0.05) is 5.16 Å². The molecule has 3 rings (SSSR count). The van der Waals surface area contributed by atoms with Gasteiger partial charge < -0.3 is 14.0 Å². The van der Waals surface area contributed by atoms with E-state index in [1.54, 1.807) is 18.4 Å². The maximum atomic E-state index is 9.70. The number of likely N-dealkylation sites (tertiary alicyclic amines) is 1. The fraction of sp³-hybridized carbons (Fsp3) is 0.571. The van der Waals surface area contributed by atoms with E-state index in [1.807, 2.05) is 6.92 Å². The summed E-state index contributed by atoms with van der Waals surface area (Å²) in [6.45, 7) is 4.35. The van der Waals surface area contributed by atoms with E-state index in [4.69, 9.17) is 8.94 Å². The maximum Gasteiger partial charge on any atom is 0.241 e. The van der Waals surface area contributed by atoms with E-state index in [-0.39, 0.29) is 6.10 Å². The fourth-order valence-electron chi connectivity index (χ4n) is 2.64. The van der Waals surface area contributed by atoms with E-state index in [0.717, 1.165) is 25.9 Å². The molecule has 2 aromatic heterocycles. The number of aromatic nitrogens is 2. The third-order valence-corrected chi connectivity index (χ3v) is 3.79. The minimum atomic E-state index is -0.265. The number of hydrogen-bond acceptors (Lipinski definition) is 6.